The minimum absolute atomic E-state index is 0.379. The van der Waals surface area contributed by atoms with Crippen molar-refractivity contribution < 1.29 is 0 Å². The zero-order chi connectivity index (χ0) is 16.4. The van der Waals surface area contributed by atoms with Gasteiger partial charge in [0.2, 0.25) is 0 Å². The van der Waals surface area contributed by atoms with Crippen LogP contribution in [0.2, 0.25) is 15.1 Å². The monoisotopic (exact) mass is 371 g/mol. The predicted molar refractivity (Wildman–Crippen MR) is 95.5 cm³/mol. The van der Waals surface area contributed by atoms with E-state index in [0.717, 1.165) is 37.2 Å². The molecule has 23 heavy (non-hydrogen) atoms. The average molecular weight is 373 g/mol. The van der Waals surface area contributed by atoms with Crippen molar-refractivity contribution in [2.75, 3.05) is 23.4 Å². The number of nitrogens with zero attached hydrogens (tertiary/aromatic N) is 3. The minimum Gasteiger partial charge on any atom is -0.369 e. The lowest BCUT2D eigenvalue weighted by molar-refractivity contribution is 0.505. The van der Waals surface area contributed by atoms with Crippen LogP contribution in [0, 0.1) is 0 Å². The van der Waals surface area contributed by atoms with E-state index in [0.29, 0.717) is 26.8 Å². The summed E-state index contributed by atoms with van der Waals surface area (Å²) in [6.45, 7) is 1.70. The van der Waals surface area contributed by atoms with Crippen molar-refractivity contribution in [2.24, 2.45) is 5.84 Å². The molecule has 1 fully saturated rings. The van der Waals surface area contributed by atoms with Gasteiger partial charge >= 0.3 is 0 Å². The third-order valence-electron chi connectivity index (χ3n) is 4.16. The summed E-state index contributed by atoms with van der Waals surface area (Å²) in [6, 6.07) is 5.80. The van der Waals surface area contributed by atoms with Crippen LogP contribution in [0.25, 0.3) is 0 Å². The number of hydrazine groups is 1. The van der Waals surface area contributed by atoms with Crippen molar-refractivity contribution in [3.63, 3.8) is 0 Å². The largest absolute Gasteiger partial charge is 0.369 e. The summed E-state index contributed by atoms with van der Waals surface area (Å²) in [6.07, 6.45) is 3.59. The Kier molecular flexibility index (Phi) is 5.11. The van der Waals surface area contributed by atoms with Crippen LogP contribution in [0.4, 0.5) is 11.5 Å². The molecule has 0 unspecified atom stereocenters. The number of nitrogen functional groups attached to an aromatic ring is 1. The molecule has 3 rings (SSSR count). The van der Waals surface area contributed by atoms with Gasteiger partial charge in [-0.3, -0.25) is 0 Å². The van der Waals surface area contributed by atoms with Crippen molar-refractivity contribution >= 4 is 46.3 Å². The van der Waals surface area contributed by atoms with Gasteiger partial charge < -0.3 is 10.3 Å². The Morgan fingerprint density at radius 2 is 1.87 bits per heavy atom. The van der Waals surface area contributed by atoms with E-state index in [1.165, 1.54) is 0 Å². The molecule has 8 heteroatoms. The normalized spacial score (nSPS) is 15.7. The first-order chi connectivity index (χ1) is 11.1. The Labute approximate surface area is 149 Å². The summed E-state index contributed by atoms with van der Waals surface area (Å²) in [5.41, 5.74) is 4.41. The zero-order valence-corrected chi connectivity index (χ0v) is 14.5. The number of aromatic nitrogens is 2. The number of hydrogen-bond donors (Lipinski definition) is 2. The maximum absolute atomic E-state index is 6.34. The van der Waals surface area contributed by atoms with Gasteiger partial charge in [-0.2, -0.15) is 5.10 Å². The molecule has 0 atom stereocenters. The van der Waals surface area contributed by atoms with Gasteiger partial charge in [-0.15, -0.1) is 5.10 Å². The fourth-order valence-corrected chi connectivity index (χ4v) is 3.67. The van der Waals surface area contributed by atoms with Gasteiger partial charge in [-0.1, -0.05) is 46.9 Å². The molecular weight excluding hydrogens is 357 g/mol. The van der Waals surface area contributed by atoms with Gasteiger partial charge in [-0.25, -0.2) is 5.84 Å². The van der Waals surface area contributed by atoms with Crippen LogP contribution in [-0.4, -0.2) is 23.3 Å². The van der Waals surface area contributed by atoms with Crippen LogP contribution >= 0.6 is 34.8 Å². The fourth-order valence-electron chi connectivity index (χ4n) is 2.94. The number of nitrogens with two attached hydrogens (primary N) is 1. The molecule has 0 spiro atoms. The molecule has 0 saturated carbocycles. The minimum atomic E-state index is 0.379. The number of piperidine rings is 1. The lowest BCUT2D eigenvalue weighted by Crippen LogP contribution is -2.33. The van der Waals surface area contributed by atoms with Crippen molar-refractivity contribution in [1.29, 1.82) is 0 Å². The highest BCUT2D eigenvalue weighted by Gasteiger charge is 2.25. The molecule has 2 aromatic rings. The second kappa shape index (κ2) is 7.09. The summed E-state index contributed by atoms with van der Waals surface area (Å²) >= 11 is 18.8. The number of nitrogens with one attached hydrogen (secondary N) is 1. The van der Waals surface area contributed by atoms with E-state index in [4.69, 9.17) is 40.6 Å². The van der Waals surface area contributed by atoms with Crippen LogP contribution < -0.4 is 16.2 Å². The molecule has 1 aliphatic rings. The number of benzene rings is 1. The van der Waals surface area contributed by atoms with E-state index in [9.17, 15) is 0 Å². The third kappa shape index (κ3) is 3.33. The molecule has 5 nitrogen and oxygen atoms in total. The van der Waals surface area contributed by atoms with E-state index >= 15 is 0 Å². The van der Waals surface area contributed by atoms with Crippen LogP contribution in [0.5, 0.6) is 0 Å². The van der Waals surface area contributed by atoms with Crippen molar-refractivity contribution in [3.05, 3.63) is 45.0 Å². The number of anilines is 2. The third-order valence-corrected chi connectivity index (χ3v) is 5.37. The molecule has 1 aromatic carbocycles. The SMILES string of the molecule is NNc1nncc(N2CCC(c3cccc(Cl)c3Cl)CC2)c1Cl. The topological polar surface area (TPSA) is 67.1 Å². The zero-order valence-electron chi connectivity index (χ0n) is 12.3. The average Bonchev–Trinajstić information content (AvgIpc) is 2.58. The Bertz CT molecular complexity index is 702. The predicted octanol–water partition coefficient (Wildman–Crippen LogP) is 4.11. The van der Waals surface area contributed by atoms with Gasteiger partial charge in [0, 0.05) is 13.1 Å². The smallest absolute Gasteiger partial charge is 0.183 e. The first kappa shape index (κ1) is 16.6. The van der Waals surface area contributed by atoms with Gasteiger partial charge in [0.05, 0.1) is 21.9 Å². The Morgan fingerprint density at radius 3 is 2.57 bits per heavy atom. The molecule has 1 aliphatic heterocycles. The molecule has 2 heterocycles. The van der Waals surface area contributed by atoms with Crippen LogP contribution in [0.15, 0.2) is 24.4 Å². The Morgan fingerprint density at radius 1 is 1.13 bits per heavy atom. The fraction of sp³-hybridized carbons (Fsp3) is 0.333. The molecule has 0 radical (unpaired) electrons. The first-order valence-corrected chi connectivity index (χ1v) is 8.42. The summed E-state index contributed by atoms with van der Waals surface area (Å²) in [4.78, 5) is 2.19. The summed E-state index contributed by atoms with van der Waals surface area (Å²) in [5.74, 6) is 6.16. The molecule has 122 valence electrons. The lowest BCUT2D eigenvalue weighted by Gasteiger charge is -2.34. The molecule has 0 aliphatic carbocycles. The number of rotatable bonds is 3. The summed E-state index contributed by atoms with van der Waals surface area (Å²) < 4.78 is 0. The quantitative estimate of drug-likeness (QED) is 0.627. The highest BCUT2D eigenvalue weighted by atomic mass is 35.5. The van der Waals surface area contributed by atoms with Crippen LogP contribution in [0.3, 0.4) is 0 Å². The van der Waals surface area contributed by atoms with E-state index in [2.05, 4.69) is 20.5 Å². The van der Waals surface area contributed by atoms with E-state index in [-0.39, 0.29) is 0 Å². The molecule has 0 bridgehead atoms. The highest BCUT2D eigenvalue weighted by Crippen LogP contribution is 2.38. The van der Waals surface area contributed by atoms with Gasteiger partial charge in [0.1, 0.15) is 5.02 Å². The standard InChI is InChI=1S/C15H16Cl3N5/c16-11-3-1-2-10(13(11)17)9-4-6-23(7-5-9)12-8-20-22-15(21-19)14(12)18/h1-3,8-9H,4-7,19H2,(H,21,22). The van der Waals surface area contributed by atoms with Crippen LogP contribution in [-0.2, 0) is 0 Å². The molecule has 1 saturated heterocycles. The lowest BCUT2D eigenvalue weighted by atomic mass is 9.89. The highest BCUT2D eigenvalue weighted by molar-refractivity contribution is 6.42. The van der Waals surface area contributed by atoms with Crippen molar-refractivity contribution in [2.45, 2.75) is 18.8 Å². The van der Waals surface area contributed by atoms with Gasteiger partial charge in [0.25, 0.3) is 0 Å². The summed E-state index contributed by atoms with van der Waals surface area (Å²) in [5, 5.41) is 9.55. The summed E-state index contributed by atoms with van der Waals surface area (Å²) in [7, 11) is 0. The van der Waals surface area contributed by atoms with Gasteiger partial charge in [-0.05, 0) is 30.4 Å². The van der Waals surface area contributed by atoms with E-state index in [1.54, 1.807) is 6.20 Å². The second-order valence-corrected chi connectivity index (χ2v) is 6.60. The number of halogens is 3. The van der Waals surface area contributed by atoms with Crippen molar-refractivity contribution in [3.8, 4) is 0 Å². The molecular formula is C15H16Cl3N5. The Hall–Kier alpha value is -1.27. The van der Waals surface area contributed by atoms with Crippen molar-refractivity contribution in [1.82, 2.24) is 10.2 Å². The van der Waals surface area contributed by atoms with E-state index < -0.39 is 0 Å². The number of hydrogen-bond acceptors (Lipinski definition) is 5. The molecule has 1 aromatic heterocycles. The maximum Gasteiger partial charge on any atom is 0.183 e. The second-order valence-electron chi connectivity index (χ2n) is 5.44. The van der Waals surface area contributed by atoms with Crippen LogP contribution in [0.1, 0.15) is 24.3 Å². The molecule has 0 amide bonds. The van der Waals surface area contributed by atoms with E-state index in [1.807, 2.05) is 18.2 Å². The maximum atomic E-state index is 6.34. The molecule has 3 N–H and O–H groups in total. The Balaban J connectivity index is 1.75. The van der Waals surface area contributed by atoms with Gasteiger partial charge in [0.15, 0.2) is 5.82 Å². The first-order valence-electron chi connectivity index (χ1n) is 7.28.